The number of ether oxygens (including phenoxy) is 2. The van der Waals surface area contributed by atoms with Gasteiger partial charge in [-0.2, -0.15) is 0 Å². The molecular formula is C48H96NO8P. The van der Waals surface area contributed by atoms with E-state index in [1.54, 1.807) is 0 Å². The smallest absolute Gasteiger partial charge is 0.462 e. The molecule has 0 aromatic heterocycles. The minimum absolute atomic E-state index is 0.0583. The average Bonchev–Trinajstić information content (AvgIpc) is 3.21. The predicted octanol–water partition coefficient (Wildman–Crippen LogP) is 14.8. The van der Waals surface area contributed by atoms with E-state index in [1.807, 2.05) is 0 Å². The topological polar surface area (TPSA) is 134 Å². The first-order valence-corrected chi connectivity index (χ1v) is 26.5. The Balaban J connectivity index is 3.97. The molecule has 0 aromatic carbocycles. The first-order valence-electron chi connectivity index (χ1n) is 25.0. The zero-order valence-corrected chi connectivity index (χ0v) is 39.2. The molecule has 0 aromatic rings. The van der Waals surface area contributed by atoms with Gasteiger partial charge in [0.1, 0.15) is 6.61 Å². The monoisotopic (exact) mass is 846 g/mol. The van der Waals surface area contributed by atoms with Crippen molar-refractivity contribution >= 4 is 19.8 Å². The first-order chi connectivity index (χ1) is 28.3. The summed E-state index contributed by atoms with van der Waals surface area (Å²) in [6, 6.07) is 0. The summed E-state index contributed by atoms with van der Waals surface area (Å²) in [5, 5.41) is 0. The van der Waals surface area contributed by atoms with E-state index in [1.165, 1.54) is 199 Å². The minimum atomic E-state index is -4.37. The summed E-state index contributed by atoms with van der Waals surface area (Å²) >= 11 is 0. The third kappa shape index (κ3) is 44.6. The van der Waals surface area contributed by atoms with Gasteiger partial charge < -0.3 is 20.1 Å². The van der Waals surface area contributed by atoms with E-state index < -0.39 is 26.5 Å². The molecule has 0 bridgehead atoms. The molecule has 58 heavy (non-hydrogen) atoms. The van der Waals surface area contributed by atoms with E-state index in [-0.39, 0.29) is 38.6 Å². The van der Waals surface area contributed by atoms with Crippen LogP contribution in [0.15, 0.2) is 0 Å². The van der Waals surface area contributed by atoms with Crippen LogP contribution >= 0.6 is 7.82 Å². The fraction of sp³-hybridized carbons (Fsp3) is 0.958. The van der Waals surface area contributed by atoms with Crippen LogP contribution in [0.5, 0.6) is 0 Å². The molecule has 346 valence electrons. The Labute approximate surface area is 358 Å². The SMILES string of the molecule is CCCCCCCCCCCCCCCCCCCCCCCCCC(=O)O[C@H](COC(=O)CCCCCCCCCCCCCCCC)COP(=O)(O)OCCN. The summed E-state index contributed by atoms with van der Waals surface area (Å²) in [6.45, 7) is 3.79. The molecule has 0 rings (SSSR count). The summed E-state index contributed by atoms with van der Waals surface area (Å²) in [5.41, 5.74) is 5.36. The van der Waals surface area contributed by atoms with Crippen LogP contribution in [-0.2, 0) is 32.7 Å². The first kappa shape index (κ1) is 57.0. The van der Waals surface area contributed by atoms with Crippen molar-refractivity contribution in [2.75, 3.05) is 26.4 Å². The molecule has 1 unspecified atom stereocenters. The van der Waals surface area contributed by atoms with Gasteiger partial charge in [-0.05, 0) is 12.8 Å². The molecule has 0 aliphatic carbocycles. The van der Waals surface area contributed by atoms with E-state index in [4.69, 9.17) is 24.3 Å². The predicted molar refractivity (Wildman–Crippen MR) is 243 cm³/mol. The van der Waals surface area contributed by atoms with Gasteiger partial charge in [0.2, 0.25) is 0 Å². The number of carbonyl (C=O) groups excluding carboxylic acids is 2. The fourth-order valence-corrected chi connectivity index (χ4v) is 8.29. The summed E-state index contributed by atoms with van der Waals surface area (Å²) in [7, 11) is -4.37. The molecule has 3 N–H and O–H groups in total. The molecule has 0 saturated heterocycles. The van der Waals surface area contributed by atoms with Crippen LogP contribution in [0.2, 0.25) is 0 Å². The number of rotatable bonds is 48. The summed E-state index contributed by atoms with van der Waals surface area (Å²) < 4.78 is 32.9. The van der Waals surface area contributed by atoms with Crippen molar-refractivity contribution in [3.8, 4) is 0 Å². The number of esters is 2. The average molecular weight is 846 g/mol. The Morgan fingerprint density at radius 1 is 0.448 bits per heavy atom. The second-order valence-corrected chi connectivity index (χ2v) is 18.5. The molecule has 0 saturated carbocycles. The summed E-state index contributed by atoms with van der Waals surface area (Å²) in [6.07, 6.45) is 47.1. The van der Waals surface area contributed by atoms with E-state index >= 15 is 0 Å². The molecule has 0 aliphatic heterocycles. The van der Waals surface area contributed by atoms with Crippen molar-refractivity contribution in [3.05, 3.63) is 0 Å². The van der Waals surface area contributed by atoms with Gasteiger partial charge >= 0.3 is 19.8 Å². The number of hydrogen-bond donors (Lipinski definition) is 2. The largest absolute Gasteiger partial charge is 0.472 e. The molecule has 0 spiro atoms. The Bertz CT molecular complexity index is 922. The van der Waals surface area contributed by atoms with E-state index in [2.05, 4.69) is 13.8 Å². The zero-order chi connectivity index (χ0) is 42.5. The second-order valence-electron chi connectivity index (χ2n) is 17.1. The highest BCUT2D eigenvalue weighted by Crippen LogP contribution is 2.43. The van der Waals surface area contributed by atoms with Gasteiger partial charge in [0.25, 0.3) is 0 Å². The normalized spacial score (nSPS) is 13.1. The Morgan fingerprint density at radius 2 is 0.741 bits per heavy atom. The quantitative estimate of drug-likeness (QED) is 0.0349. The molecule has 0 radical (unpaired) electrons. The lowest BCUT2D eigenvalue weighted by molar-refractivity contribution is -0.161. The minimum Gasteiger partial charge on any atom is -0.462 e. The zero-order valence-electron chi connectivity index (χ0n) is 38.3. The third-order valence-corrected chi connectivity index (χ3v) is 12.2. The van der Waals surface area contributed by atoms with Crippen LogP contribution in [0.4, 0.5) is 0 Å². The maximum atomic E-state index is 12.6. The lowest BCUT2D eigenvalue weighted by atomic mass is 10.0. The van der Waals surface area contributed by atoms with Crippen LogP contribution in [0.25, 0.3) is 0 Å². The summed E-state index contributed by atoms with van der Waals surface area (Å²) in [4.78, 5) is 35.0. The lowest BCUT2D eigenvalue weighted by Gasteiger charge is -2.19. The molecule has 0 amide bonds. The number of unbranched alkanes of at least 4 members (excludes halogenated alkanes) is 35. The third-order valence-electron chi connectivity index (χ3n) is 11.2. The van der Waals surface area contributed by atoms with Gasteiger partial charge in [-0.25, -0.2) is 4.57 Å². The summed E-state index contributed by atoms with van der Waals surface area (Å²) in [5.74, 6) is -0.808. The number of hydrogen-bond acceptors (Lipinski definition) is 8. The van der Waals surface area contributed by atoms with Crippen LogP contribution in [0, 0.1) is 0 Å². The molecule has 0 fully saturated rings. The van der Waals surface area contributed by atoms with Crippen LogP contribution in [0.3, 0.4) is 0 Å². The Kier molecular flexibility index (Phi) is 44.8. The van der Waals surface area contributed by atoms with Gasteiger partial charge in [-0.1, -0.05) is 239 Å². The molecule has 0 heterocycles. The molecule has 9 nitrogen and oxygen atoms in total. The van der Waals surface area contributed by atoms with Gasteiger partial charge in [-0.15, -0.1) is 0 Å². The number of nitrogens with two attached hydrogens (primary N) is 1. The fourth-order valence-electron chi connectivity index (χ4n) is 7.52. The lowest BCUT2D eigenvalue weighted by Crippen LogP contribution is -2.29. The van der Waals surface area contributed by atoms with E-state index in [9.17, 15) is 19.0 Å². The van der Waals surface area contributed by atoms with Crippen molar-refractivity contribution in [2.24, 2.45) is 5.73 Å². The van der Waals surface area contributed by atoms with Gasteiger partial charge in [0.15, 0.2) is 6.10 Å². The Morgan fingerprint density at radius 3 is 1.05 bits per heavy atom. The second kappa shape index (κ2) is 45.5. The molecule has 10 heteroatoms. The van der Waals surface area contributed by atoms with Crippen LogP contribution < -0.4 is 5.73 Å². The van der Waals surface area contributed by atoms with Crippen molar-refractivity contribution < 1.29 is 37.6 Å². The maximum Gasteiger partial charge on any atom is 0.472 e. The van der Waals surface area contributed by atoms with Crippen molar-refractivity contribution in [1.82, 2.24) is 0 Å². The molecule has 0 aliphatic rings. The van der Waals surface area contributed by atoms with Gasteiger partial charge in [0.05, 0.1) is 13.2 Å². The highest BCUT2D eigenvalue weighted by molar-refractivity contribution is 7.47. The number of carbonyl (C=O) groups is 2. The standard InChI is InChI=1S/C48H96NO8P/c1-3-5-7-9-11-13-15-17-19-20-21-22-23-24-25-26-27-29-31-33-35-37-39-41-48(51)57-46(45-56-58(52,53)55-43-42-49)44-54-47(50)40-38-36-34-32-30-28-18-16-14-12-10-8-6-4-2/h46H,3-45,49H2,1-2H3,(H,52,53)/t46-/m1/s1. The van der Waals surface area contributed by atoms with Gasteiger partial charge in [-0.3, -0.25) is 18.6 Å². The van der Waals surface area contributed by atoms with E-state index in [0.717, 1.165) is 32.1 Å². The Hall–Kier alpha value is -0.990. The van der Waals surface area contributed by atoms with E-state index in [0.29, 0.717) is 6.42 Å². The molecular weight excluding hydrogens is 750 g/mol. The maximum absolute atomic E-state index is 12.6. The van der Waals surface area contributed by atoms with Crippen molar-refractivity contribution in [3.63, 3.8) is 0 Å². The van der Waals surface area contributed by atoms with Crippen LogP contribution in [0.1, 0.15) is 264 Å². The van der Waals surface area contributed by atoms with Crippen LogP contribution in [-0.4, -0.2) is 49.3 Å². The number of phosphoric ester groups is 1. The molecule has 2 atom stereocenters. The van der Waals surface area contributed by atoms with Crippen molar-refractivity contribution in [2.45, 2.75) is 270 Å². The van der Waals surface area contributed by atoms with Gasteiger partial charge in [0, 0.05) is 19.4 Å². The number of phosphoric acid groups is 1. The highest BCUT2D eigenvalue weighted by Gasteiger charge is 2.26. The van der Waals surface area contributed by atoms with Crippen molar-refractivity contribution in [1.29, 1.82) is 0 Å². The highest BCUT2D eigenvalue weighted by atomic mass is 31.2.